The van der Waals surface area contributed by atoms with Crippen LogP contribution in [0.5, 0.6) is 0 Å². The lowest BCUT2D eigenvalue weighted by atomic mass is 9.79. The lowest BCUT2D eigenvalue weighted by Gasteiger charge is -2.38. The van der Waals surface area contributed by atoms with Crippen LogP contribution < -0.4 is 0 Å². The zero-order chi connectivity index (χ0) is 15.6. The lowest BCUT2D eigenvalue weighted by molar-refractivity contribution is -0.162. The maximum atomic E-state index is 12.2. The lowest BCUT2D eigenvalue weighted by Crippen LogP contribution is -2.41. The largest absolute Gasteiger partial charge is 0.456 e. The summed E-state index contributed by atoms with van der Waals surface area (Å²) >= 11 is 5.84. The maximum Gasteiger partial charge on any atom is 0.334 e. The van der Waals surface area contributed by atoms with Crippen LogP contribution in [0, 0.1) is 5.41 Å². The minimum Gasteiger partial charge on any atom is -0.456 e. The second kappa shape index (κ2) is 6.01. The van der Waals surface area contributed by atoms with Crippen LogP contribution in [-0.2, 0) is 9.53 Å². The molecule has 1 aromatic rings. The Bertz CT molecular complexity index is 505. The second-order valence-electron chi connectivity index (χ2n) is 6.53. The van der Waals surface area contributed by atoms with Crippen LogP contribution in [0.3, 0.4) is 0 Å². The van der Waals surface area contributed by atoms with Crippen molar-refractivity contribution < 1.29 is 9.53 Å². The predicted molar refractivity (Wildman–Crippen MR) is 84.7 cm³/mol. The van der Waals surface area contributed by atoms with Gasteiger partial charge in [0.15, 0.2) is 0 Å². The summed E-state index contributed by atoms with van der Waals surface area (Å²) in [5, 5.41) is 0.677. The molecule has 0 saturated heterocycles. The first kappa shape index (κ1) is 16.8. The molecule has 0 fully saturated rings. The van der Waals surface area contributed by atoms with Gasteiger partial charge in [-0.15, -0.1) is 0 Å². The maximum absolute atomic E-state index is 12.2. The monoisotopic (exact) mass is 294 g/mol. The van der Waals surface area contributed by atoms with Crippen LogP contribution in [0.15, 0.2) is 29.8 Å². The van der Waals surface area contributed by atoms with Gasteiger partial charge in [0, 0.05) is 16.0 Å². The van der Waals surface area contributed by atoms with Gasteiger partial charge in [-0.3, -0.25) is 0 Å². The highest BCUT2D eigenvalue weighted by atomic mass is 35.5. The standard InChI is InChI=1S/C17H23ClO2/c1-12(11-13-7-9-14(18)10-8-13)15(19)20-17(5,6)16(2,3)4/h7-11H,1-6H3/b12-11+. The van der Waals surface area contributed by atoms with Gasteiger partial charge in [-0.25, -0.2) is 4.79 Å². The zero-order valence-electron chi connectivity index (χ0n) is 13.1. The molecule has 20 heavy (non-hydrogen) atoms. The summed E-state index contributed by atoms with van der Waals surface area (Å²) in [6, 6.07) is 7.33. The number of halogens is 1. The molecule has 0 radical (unpaired) electrons. The SMILES string of the molecule is C/C(=C\c1ccc(Cl)cc1)C(=O)OC(C)(C)C(C)(C)C. The van der Waals surface area contributed by atoms with Gasteiger partial charge in [0.25, 0.3) is 0 Å². The van der Waals surface area contributed by atoms with Crippen molar-refractivity contribution in [1.29, 1.82) is 0 Å². The van der Waals surface area contributed by atoms with Gasteiger partial charge in [0.05, 0.1) is 0 Å². The van der Waals surface area contributed by atoms with Crippen molar-refractivity contribution in [1.82, 2.24) is 0 Å². The smallest absolute Gasteiger partial charge is 0.334 e. The Morgan fingerprint density at radius 1 is 1.10 bits per heavy atom. The van der Waals surface area contributed by atoms with Crippen LogP contribution in [0.2, 0.25) is 5.02 Å². The number of carbonyl (C=O) groups excluding carboxylic acids is 1. The summed E-state index contributed by atoms with van der Waals surface area (Å²) in [6.07, 6.45) is 1.80. The third-order valence-electron chi connectivity index (χ3n) is 3.73. The molecule has 0 aliphatic carbocycles. The minimum atomic E-state index is -0.529. The molecule has 0 heterocycles. The van der Waals surface area contributed by atoms with Crippen LogP contribution in [0.4, 0.5) is 0 Å². The Kier molecular flexibility index (Phi) is 5.04. The van der Waals surface area contributed by atoms with Crippen molar-refractivity contribution in [3.63, 3.8) is 0 Å². The van der Waals surface area contributed by atoms with E-state index < -0.39 is 5.60 Å². The molecular weight excluding hydrogens is 272 g/mol. The molecule has 110 valence electrons. The highest BCUT2D eigenvalue weighted by molar-refractivity contribution is 6.30. The molecule has 0 amide bonds. The molecule has 3 heteroatoms. The predicted octanol–water partition coefficient (Wildman–Crippen LogP) is 5.11. The third-order valence-corrected chi connectivity index (χ3v) is 3.98. The molecule has 1 aromatic carbocycles. The highest BCUT2D eigenvalue weighted by Gasteiger charge is 2.36. The van der Waals surface area contributed by atoms with Crippen molar-refractivity contribution in [2.24, 2.45) is 5.41 Å². The number of hydrogen-bond donors (Lipinski definition) is 0. The van der Waals surface area contributed by atoms with E-state index in [-0.39, 0.29) is 11.4 Å². The summed E-state index contributed by atoms with van der Waals surface area (Å²) in [5.41, 5.74) is 0.852. The normalized spacial score (nSPS) is 13.2. The van der Waals surface area contributed by atoms with Crippen molar-refractivity contribution in [3.8, 4) is 0 Å². The van der Waals surface area contributed by atoms with Gasteiger partial charge < -0.3 is 4.74 Å². The summed E-state index contributed by atoms with van der Waals surface area (Å²) in [4.78, 5) is 12.2. The molecule has 0 bridgehead atoms. The number of esters is 1. The number of hydrogen-bond acceptors (Lipinski definition) is 2. The van der Waals surface area contributed by atoms with Crippen LogP contribution in [0.1, 0.15) is 47.1 Å². The Labute approximate surface area is 126 Å². The molecule has 0 saturated carbocycles. The summed E-state index contributed by atoms with van der Waals surface area (Å²) in [7, 11) is 0. The van der Waals surface area contributed by atoms with E-state index >= 15 is 0 Å². The molecule has 0 aromatic heterocycles. The van der Waals surface area contributed by atoms with Gasteiger partial charge in [-0.1, -0.05) is 44.5 Å². The number of rotatable bonds is 3. The topological polar surface area (TPSA) is 26.3 Å². The van der Waals surface area contributed by atoms with Crippen LogP contribution >= 0.6 is 11.6 Å². The van der Waals surface area contributed by atoms with Crippen molar-refractivity contribution in [2.75, 3.05) is 0 Å². The van der Waals surface area contributed by atoms with Crippen molar-refractivity contribution >= 4 is 23.6 Å². The molecule has 1 rings (SSSR count). The number of carbonyl (C=O) groups is 1. The van der Waals surface area contributed by atoms with Gasteiger partial charge in [-0.05, 0) is 44.5 Å². The van der Waals surface area contributed by atoms with E-state index in [0.717, 1.165) is 5.56 Å². The minimum absolute atomic E-state index is 0.122. The van der Waals surface area contributed by atoms with E-state index in [1.54, 1.807) is 25.1 Å². The van der Waals surface area contributed by atoms with E-state index in [1.165, 1.54) is 0 Å². The Morgan fingerprint density at radius 2 is 1.60 bits per heavy atom. The van der Waals surface area contributed by atoms with E-state index in [1.807, 2.05) is 26.0 Å². The Balaban J connectivity index is 2.85. The Morgan fingerprint density at radius 3 is 2.05 bits per heavy atom. The molecule has 0 atom stereocenters. The first-order valence-corrected chi connectivity index (χ1v) is 7.08. The molecule has 0 unspecified atom stereocenters. The van der Waals surface area contributed by atoms with Crippen LogP contribution in [-0.4, -0.2) is 11.6 Å². The highest BCUT2D eigenvalue weighted by Crippen LogP contribution is 2.33. The fraction of sp³-hybridized carbons (Fsp3) is 0.471. The van der Waals surface area contributed by atoms with Gasteiger partial charge >= 0.3 is 5.97 Å². The molecular formula is C17H23ClO2. The first-order chi connectivity index (χ1) is 9.03. The van der Waals surface area contributed by atoms with E-state index in [4.69, 9.17) is 16.3 Å². The molecule has 0 N–H and O–H groups in total. The van der Waals surface area contributed by atoms with Gasteiger partial charge in [-0.2, -0.15) is 0 Å². The average molecular weight is 295 g/mol. The average Bonchev–Trinajstić information content (AvgIpc) is 2.30. The van der Waals surface area contributed by atoms with Crippen molar-refractivity contribution in [2.45, 2.75) is 47.1 Å². The molecule has 0 aliphatic rings. The molecule has 2 nitrogen and oxygen atoms in total. The Hall–Kier alpha value is -1.28. The number of ether oxygens (including phenoxy) is 1. The third kappa shape index (κ3) is 4.38. The second-order valence-corrected chi connectivity index (χ2v) is 6.97. The quantitative estimate of drug-likeness (QED) is 0.572. The molecule has 0 aliphatic heterocycles. The summed E-state index contributed by atoms with van der Waals surface area (Å²) in [6.45, 7) is 11.8. The van der Waals surface area contributed by atoms with E-state index in [9.17, 15) is 4.79 Å². The summed E-state index contributed by atoms with van der Waals surface area (Å²) < 4.78 is 5.63. The zero-order valence-corrected chi connectivity index (χ0v) is 13.8. The number of benzene rings is 1. The van der Waals surface area contributed by atoms with E-state index in [0.29, 0.717) is 10.6 Å². The van der Waals surface area contributed by atoms with Crippen molar-refractivity contribution in [3.05, 3.63) is 40.4 Å². The molecule has 0 spiro atoms. The van der Waals surface area contributed by atoms with E-state index in [2.05, 4.69) is 20.8 Å². The van der Waals surface area contributed by atoms with Crippen LogP contribution in [0.25, 0.3) is 6.08 Å². The summed E-state index contributed by atoms with van der Waals surface area (Å²) in [5.74, 6) is -0.292. The first-order valence-electron chi connectivity index (χ1n) is 6.70. The van der Waals surface area contributed by atoms with Gasteiger partial charge in [0.2, 0.25) is 0 Å². The fourth-order valence-electron chi connectivity index (χ4n) is 1.33. The fourth-order valence-corrected chi connectivity index (χ4v) is 1.46. The van der Waals surface area contributed by atoms with Gasteiger partial charge in [0.1, 0.15) is 5.60 Å².